The predicted octanol–water partition coefficient (Wildman–Crippen LogP) is 4.67. The molecule has 1 amide bonds. The maximum Gasteiger partial charge on any atom is 0.266 e. The van der Waals surface area contributed by atoms with E-state index >= 15 is 0 Å². The number of anilines is 1. The Labute approximate surface area is 173 Å². The molecule has 0 aromatic heterocycles. The number of hydrogen-bond acceptors (Lipinski definition) is 5. The van der Waals surface area contributed by atoms with Gasteiger partial charge in [-0.2, -0.15) is 10.5 Å². The van der Waals surface area contributed by atoms with Crippen molar-refractivity contribution in [3.63, 3.8) is 0 Å². The van der Waals surface area contributed by atoms with E-state index < -0.39 is 5.91 Å². The Morgan fingerprint density at radius 3 is 2.67 bits per heavy atom. The van der Waals surface area contributed by atoms with Gasteiger partial charge >= 0.3 is 0 Å². The van der Waals surface area contributed by atoms with E-state index in [0.29, 0.717) is 27.2 Å². The van der Waals surface area contributed by atoms with Gasteiger partial charge in [0.05, 0.1) is 11.6 Å². The molecule has 0 unspecified atom stereocenters. The Bertz CT molecular complexity index is 975. The first kappa shape index (κ1) is 20.5. The molecular formula is C19H13Br2N3O3. The van der Waals surface area contributed by atoms with Crippen molar-refractivity contribution < 1.29 is 14.3 Å². The zero-order valence-corrected chi connectivity index (χ0v) is 17.3. The van der Waals surface area contributed by atoms with Crippen LogP contribution in [0.15, 0.2) is 50.9 Å². The third-order valence-corrected chi connectivity index (χ3v) is 4.37. The summed E-state index contributed by atoms with van der Waals surface area (Å²) in [6.45, 7) is -0.136. The first-order valence-corrected chi connectivity index (χ1v) is 9.13. The Hall–Kier alpha value is -2.81. The minimum atomic E-state index is -0.532. The number of benzene rings is 2. The maximum atomic E-state index is 12.4. The second-order valence-electron chi connectivity index (χ2n) is 5.12. The summed E-state index contributed by atoms with van der Waals surface area (Å²) in [7, 11) is 1.46. The van der Waals surface area contributed by atoms with Gasteiger partial charge in [0.2, 0.25) is 0 Å². The molecule has 2 aromatic carbocycles. The highest BCUT2D eigenvalue weighted by molar-refractivity contribution is 9.10. The van der Waals surface area contributed by atoms with Crippen molar-refractivity contribution in [1.82, 2.24) is 0 Å². The standard InChI is InChI=1S/C19H13Br2N3O3/c1-26-17-9-12(8-16(21)18(17)27-6-5-22)7-13(11-23)19(25)24-15-4-2-3-14(20)10-15/h2-4,7-10H,6H2,1H3,(H,24,25)/b13-7-. The normalized spacial score (nSPS) is 10.5. The average Bonchev–Trinajstić information content (AvgIpc) is 2.64. The third kappa shape index (κ3) is 5.58. The molecule has 0 saturated heterocycles. The lowest BCUT2D eigenvalue weighted by molar-refractivity contribution is -0.112. The Kier molecular flexibility index (Phi) is 7.42. The van der Waals surface area contributed by atoms with Gasteiger partial charge in [-0.3, -0.25) is 4.79 Å². The smallest absolute Gasteiger partial charge is 0.266 e. The fourth-order valence-corrected chi connectivity index (χ4v) is 3.12. The largest absolute Gasteiger partial charge is 0.493 e. The number of halogens is 2. The summed E-state index contributed by atoms with van der Waals surface area (Å²) in [5.41, 5.74) is 1.05. The second kappa shape index (κ2) is 9.77. The van der Waals surface area contributed by atoms with E-state index in [1.54, 1.807) is 30.3 Å². The molecule has 6 nitrogen and oxygen atoms in total. The number of ether oxygens (including phenoxy) is 2. The van der Waals surface area contributed by atoms with Crippen LogP contribution in [0.4, 0.5) is 5.69 Å². The summed E-state index contributed by atoms with van der Waals surface area (Å²) >= 11 is 6.67. The van der Waals surface area contributed by atoms with Crippen LogP contribution >= 0.6 is 31.9 Å². The minimum Gasteiger partial charge on any atom is -0.493 e. The molecule has 27 heavy (non-hydrogen) atoms. The number of hydrogen-bond donors (Lipinski definition) is 1. The zero-order valence-electron chi connectivity index (χ0n) is 14.1. The number of nitrogens with zero attached hydrogens (tertiary/aromatic N) is 2. The van der Waals surface area contributed by atoms with Crippen molar-refractivity contribution in [3.05, 3.63) is 56.5 Å². The van der Waals surface area contributed by atoms with Crippen LogP contribution in [0.3, 0.4) is 0 Å². The molecule has 0 spiro atoms. The quantitative estimate of drug-likeness (QED) is 0.469. The van der Waals surface area contributed by atoms with E-state index in [4.69, 9.17) is 14.7 Å². The summed E-state index contributed by atoms with van der Waals surface area (Å²) in [5, 5.41) is 20.7. The molecule has 2 aromatic rings. The molecule has 2 rings (SSSR count). The molecule has 0 aliphatic heterocycles. The molecule has 1 N–H and O–H groups in total. The number of methoxy groups -OCH3 is 1. The molecule has 0 atom stereocenters. The van der Waals surface area contributed by atoms with Crippen LogP contribution < -0.4 is 14.8 Å². The molecule has 0 bridgehead atoms. The first-order valence-electron chi connectivity index (χ1n) is 7.54. The van der Waals surface area contributed by atoms with Gasteiger partial charge < -0.3 is 14.8 Å². The number of nitrogens with one attached hydrogen (secondary N) is 1. The highest BCUT2D eigenvalue weighted by Gasteiger charge is 2.14. The fraction of sp³-hybridized carbons (Fsp3) is 0.105. The lowest BCUT2D eigenvalue weighted by atomic mass is 10.1. The van der Waals surface area contributed by atoms with Crippen LogP contribution in [0, 0.1) is 22.7 Å². The zero-order chi connectivity index (χ0) is 19.8. The number of amides is 1. The number of rotatable bonds is 6. The number of carbonyl (C=O) groups excluding carboxylic acids is 1. The van der Waals surface area contributed by atoms with Gasteiger partial charge in [0.1, 0.15) is 17.7 Å². The highest BCUT2D eigenvalue weighted by Crippen LogP contribution is 2.37. The lowest BCUT2D eigenvalue weighted by Gasteiger charge is -2.11. The van der Waals surface area contributed by atoms with E-state index in [2.05, 4.69) is 37.2 Å². The van der Waals surface area contributed by atoms with Gasteiger partial charge in [0.15, 0.2) is 18.1 Å². The van der Waals surface area contributed by atoms with Crippen molar-refractivity contribution >= 4 is 49.5 Å². The number of carbonyl (C=O) groups is 1. The summed E-state index contributed by atoms with van der Waals surface area (Å²) in [6, 6.07) is 14.1. The van der Waals surface area contributed by atoms with Gasteiger partial charge in [0.25, 0.3) is 5.91 Å². The van der Waals surface area contributed by atoms with E-state index in [1.807, 2.05) is 18.2 Å². The van der Waals surface area contributed by atoms with Gasteiger partial charge in [-0.05, 0) is 57.9 Å². The van der Waals surface area contributed by atoms with Crippen LogP contribution in [0.5, 0.6) is 11.5 Å². The summed E-state index contributed by atoms with van der Waals surface area (Å²) in [5.74, 6) is 0.208. The molecular weight excluding hydrogens is 478 g/mol. The molecule has 136 valence electrons. The number of nitriles is 2. The summed E-state index contributed by atoms with van der Waals surface area (Å²) in [6.07, 6.45) is 1.44. The van der Waals surface area contributed by atoms with Crippen molar-refractivity contribution in [1.29, 1.82) is 10.5 Å². The van der Waals surface area contributed by atoms with Crippen LogP contribution in [-0.4, -0.2) is 19.6 Å². The van der Waals surface area contributed by atoms with Crippen molar-refractivity contribution in [2.45, 2.75) is 0 Å². The molecule has 0 aliphatic carbocycles. The lowest BCUT2D eigenvalue weighted by Crippen LogP contribution is -2.13. The van der Waals surface area contributed by atoms with E-state index in [9.17, 15) is 10.1 Å². The van der Waals surface area contributed by atoms with E-state index in [-0.39, 0.29) is 12.2 Å². The molecule has 0 aliphatic rings. The van der Waals surface area contributed by atoms with Crippen LogP contribution in [0.1, 0.15) is 5.56 Å². The fourth-order valence-electron chi connectivity index (χ4n) is 2.15. The monoisotopic (exact) mass is 489 g/mol. The summed E-state index contributed by atoms with van der Waals surface area (Å²) < 4.78 is 11.9. The predicted molar refractivity (Wildman–Crippen MR) is 108 cm³/mol. The maximum absolute atomic E-state index is 12.4. The van der Waals surface area contributed by atoms with Gasteiger partial charge in [-0.1, -0.05) is 22.0 Å². The van der Waals surface area contributed by atoms with E-state index in [1.165, 1.54) is 13.2 Å². The Morgan fingerprint density at radius 1 is 1.26 bits per heavy atom. The molecule has 0 saturated carbocycles. The Balaban J connectivity index is 2.31. The van der Waals surface area contributed by atoms with Crippen LogP contribution in [0.2, 0.25) is 0 Å². The average molecular weight is 491 g/mol. The van der Waals surface area contributed by atoms with E-state index in [0.717, 1.165) is 4.47 Å². The second-order valence-corrected chi connectivity index (χ2v) is 6.89. The summed E-state index contributed by atoms with van der Waals surface area (Å²) in [4.78, 5) is 12.4. The highest BCUT2D eigenvalue weighted by atomic mass is 79.9. The molecule has 0 radical (unpaired) electrons. The van der Waals surface area contributed by atoms with Gasteiger partial charge in [-0.15, -0.1) is 0 Å². The van der Waals surface area contributed by atoms with Gasteiger partial charge in [0, 0.05) is 10.2 Å². The topological polar surface area (TPSA) is 95.1 Å². The van der Waals surface area contributed by atoms with Crippen molar-refractivity contribution in [2.75, 3.05) is 19.0 Å². The molecule has 8 heteroatoms. The van der Waals surface area contributed by atoms with Crippen LogP contribution in [-0.2, 0) is 4.79 Å². The van der Waals surface area contributed by atoms with Crippen molar-refractivity contribution in [2.24, 2.45) is 0 Å². The third-order valence-electron chi connectivity index (χ3n) is 3.29. The molecule has 0 fully saturated rings. The SMILES string of the molecule is COc1cc(/C=C(/C#N)C(=O)Nc2cccc(Br)c2)cc(Br)c1OCC#N. The molecule has 0 heterocycles. The van der Waals surface area contributed by atoms with Crippen molar-refractivity contribution in [3.8, 4) is 23.6 Å². The Morgan fingerprint density at radius 2 is 2.04 bits per heavy atom. The van der Waals surface area contributed by atoms with Crippen LogP contribution in [0.25, 0.3) is 6.08 Å². The first-order chi connectivity index (χ1) is 13.0. The minimum absolute atomic E-state index is 0.0744. The van der Waals surface area contributed by atoms with Gasteiger partial charge in [-0.25, -0.2) is 0 Å².